The van der Waals surface area contributed by atoms with Gasteiger partial charge >= 0.3 is 0 Å². The molecule has 3 rings (SSSR count). The van der Waals surface area contributed by atoms with Crippen molar-refractivity contribution < 1.29 is 9.53 Å². The van der Waals surface area contributed by atoms with E-state index in [1.54, 1.807) is 30.5 Å². The summed E-state index contributed by atoms with van der Waals surface area (Å²) in [5.41, 5.74) is 4.77. The summed E-state index contributed by atoms with van der Waals surface area (Å²) < 4.78 is 6.73. The van der Waals surface area contributed by atoms with Crippen LogP contribution in [0.25, 0.3) is 0 Å². The smallest absolute Gasteiger partial charge is 0.271 e. The van der Waals surface area contributed by atoms with E-state index in [2.05, 4.69) is 33.1 Å². The Kier molecular flexibility index (Phi) is 7.30. The average Bonchev–Trinajstić information content (AvgIpc) is 2.68. The van der Waals surface area contributed by atoms with Crippen LogP contribution in [0.3, 0.4) is 0 Å². The van der Waals surface area contributed by atoms with Crippen LogP contribution in [-0.2, 0) is 6.61 Å². The van der Waals surface area contributed by atoms with Gasteiger partial charge in [-0.1, -0.05) is 35.3 Å². The molecule has 0 saturated heterocycles. The standard InChI is InChI=1S/C21H15Cl2IN2O2/c22-17-7-6-16(20(23)11-17)13-28-19-8-4-14(5-9-19)12-25-26-21(27)15-2-1-3-18(24)10-15/h1-12H,13H2,(H,26,27)/b25-12-. The molecule has 0 bridgehead atoms. The number of nitrogens with zero attached hydrogens (tertiary/aromatic N) is 1. The van der Waals surface area contributed by atoms with Gasteiger partial charge in [0.15, 0.2) is 0 Å². The fourth-order valence-corrected chi connectivity index (χ4v) is 3.32. The molecule has 142 valence electrons. The molecule has 0 aromatic heterocycles. The molecule has 0 unspecified atom stereocenters. The molecule has 0 atom stereocenters. The molecule has 0 radical (unpaired) electrons. The third-order valence-corrected chi connectivity index (χ3v) is 5.01. The minimum atomic E-state index is -0.255. The first-order valence-corrected chi connectivity index (χ1v) is 10.1. The van der Waals surface area contributed by atoms with Gasteiger partial charge in [0.05, 0.1) is 6.21 Å². The second-order valence-electron chi connectivity index (χ2n) is 5.80. The fraction of sp³-hybridized carbons (Fsp3) is 0.0476. The first-order valence-electron chi connectivity index (χ1n) is 8.27. The van der Waals surface area contributed by atoms with Gasteiger partial charge < -0.3 is 4.74 Å². The van der Waals surface area contributed by atoms with E-state index in [0.29, 0.717) is 28.0 Å². The highest BCUT2D eigenvalue weighted by molar-refractivity contribution is 14.1. The minimum Gasteiger partial charge on any atom is -0.489 e. The van der Waals surface area contributed by atoms with Crippen LogP contribution in [0.4, 0.5) is 0 Å². The second-order valence-corrected chi connectivity index (χ2v) is 7.89. The lowest BCUT2D eigenvalue weighted by Crippen LogP contribution is -2.17. The molecule has 0 aliphatic heterocycles. The quantitative estimate of drug-likeness (QED) is 0.246. The molecular formula is C21H15Cl2IN2O2. The van der Waals surface area contributed by atoms with Gasteiger partial charge in [0.25, 0.3) is 5.91 Å². The lowest BCUT2D eigenvalue weighted by Gasteiger charge is -2.08. The summed E-state index contributed by atoms with van der Waals surface area (Å²) in [7, 11) is 0. The maximum atomic E-state index is 12.0. The molecule has 7 heteroatoms. The van der Waals surface area contributed by atoms with Gasteiger partial charge in [-0.2, -0.15) is 5.10 Å². The highest BCUT2D eigenvalue weighted by Crippen LogP contribution is 2.22. The van der Waals surface area contributed by atoms with Gasteiger partial charge in [0.1, 0.15) is 12.4 Å². The van der Waals surface area contributed by atoms with Crippen LogP contribution < -0.4 is 10.2 Å². The van der Waals surface area contributed by atoms with Crippen LogP contribution in [0.2, 0.25) is 10.0 Å². The van der Waals surface area contributed by atoms with E-state index in [1.807, 2.05) is 42.5 Å². The minimum absolute atomic E-state index is 0.255. The number of hydrogen-bond donors (Lipinski definition) is 1. The number of carbonyl (C=O) groups is 1. The van der Waals surface area contributed by atoms with Gasteiger partial charge in [-0.25, -0.2) is 5.43 Å². The molecule has 3 aromatic carbocycles. The van der Waals surface area contributed by atoms with Crippen molar-refractivity contribution in [2.75, 3.05) is 0 Å². The van der Waals surface area contributed by atoms with Crippen molar-refractivity contribution in [2.45, 2.75) is 6.61 Å². The van der Waals surface area contributed by atoms with E-state index in [9.17, 15) is 4.79 Å². The summed E-state index contributed by atoms with van der Waals surface area (Å²) in [6, 6.07) is 19.9. The predicted molar refractivity (Wildman–Crippen MR) is 121 cm³/mol. The Bertz CT molecular complexity index is 1010. The van der Waals surface area contributed by atoms with Crippen LogP contribution in [0, 0.1) is 3.57 Å². The Hall–Kier alpha value is -2.09. The zero-order valence-electron chi connectivity index (χ0n) is 14.5. The number of nitrogens with one attached hydrogen (secondary N) is 1. The summed E-state index contributed by atoms with van der Waals surface area (Å²) in [4.78, 5) is 12.0. The van der Waals surface area contributed by atoms with Crippen molar-refractivity contribution in [3.8, 4) is 5.75 Å². The van der Waals surface area contributed by atoms with Gasteiger partial charge in [0.2, 0.25) is 0 Å². The molecule has 28 heavy (non-hydrogen) atoms. The zero-order chi connectivity index (χ0) is 19.9. The van der Waals surface area contributed by atoms with Crippen molar-refractivity contribution >= 4 is 57.9 Å². The zero-order valence-corrected chi connectivity index (χ0v) is 18.2. The Labute approximate surface area is 186 Å². The molecule has 0 fully saturated rings. The Morgan fingerprint density at radius 3 is 2.57 bits per heavy atom. The number of amides is 1. The van der Waals surface area contributed by atoms with Crippen LogP contribution in [0.5, 0.6) is 5.75 Å². The maximum absolute atomic E-state index is 12.0. The maximum Gasteiger partial charge on any atom is 0.271 e. The van der Waals surface area contributed by atoms with E-state index in [-0.39, 0.29) is 5.91 Å². The summed E-state index contributed by atoms with van der Waals surface area (Å²) >= 11 is 14.2. The third-order valence-electron chi connectivity index (χ3n) is 3.76. The molecule has 0 saturated carbocycles. The molecule has 0 spiro atoms. The molecule has 4 nitrogen and oxygen atoms in total. The number of ether oxygens (including phenoxy) is 1. The van der Waals surface area contributed by atoms with Crippen molar-refractivity contribution in [1.29, 1.82) is 0 Å². The van der Waals surface area contributed by atoms with E-state index in [0.717, 1.165) is 14.7 Å². The summed E-state index contributed by atoms with van der Waals surface area (Å²) in [5.74, 6) is 0.445. The van der Waals surface area contributed by atoms with Crippen LogP contribution in [-0.4, -0.2) is 12.1 Å². The topological polar surface area (TPSA) is 50.7 Å². The number of hydrazone groups is 1. The molecule has 0 aliphatic carbocycles. The molecule has 1 amide bonds. The number of benzene rings is 3. The van der Waals surface area contributed by atoms with Crippen LogP contribution in [0.1, 0.15) is 21.5 Å². The summed E-state index contributed by atoms with van der Waals surface area (Å²) in [6.07, 6.45) is 1.58. The summed E-state index contributed by atoms with van der Waals surface area (Å²) in [5, 5.41) is 5.15. The van der Waals surface area contributed by atoms with Crippen molar-refractivity contribution in [2.24, 2.45) is 5.10 Å². The van der Waals surface area contributed by atoms with E-state index in [1.165, 1.54) is 0 Å². The van der Waals surface area contributed by atoms with Crippen molar-refractivity contribution in [3.63, 3.8) is 0 Å². The fourth-order valence-electron chi connectivity index (χ4n) is 2.31. The van der Waals surface area contributed by atoms with E-state index in [4.69, 9.17) is 27.9 Å². The van der Waals surface area contributed by atoms with E-state index >= 15 is 0 Å². The molecule has 0 heterocycles. The highest BCUT2D eigenvalue weighted by Gasteiger charge is 2.04. The number of hydrogen-bond acceptors (Lipinski definition) is 3. The number of rotatable bonds is 6. The Morgan fingerprint density at radius 1 is 1.07 bits per heavy atom. The monoisotopic (exact) mass is 524 g/mol. The number of halogens is 3. The predicted octanol–water partition coefficient (Wildman–Crippen LogP) is 5.94. The van der Waals surface area contributed by atoms with Crippen LogP contribution in [0.15, 0.2) is 71.8 Å². The van der Waals surface area contributed by atoms with Gasteiger partial charge in [-0.3, -0.25) is 4.79 Å². The van der Waals surface area contributed by atoms with E-state index < -0.39 is 0 Å². The normalized spacial score (nSPS) is 10.8. The Morgan fingerprint density at radius 2 is 1.86 bits per heavy atom. The van der Waals surface area contributed by atoms with Gasteiger partial charge in [-0.05, 0) is 82.8 Å². The lowest BCUT2D eigenvalue weighted by molar-refractivity contribution is 0.0955. The molecule has 1 N–H and O–H groups in total. The highest BCUT2D eigenvalue weighted by atomic mass is 127. The van der Waals surface area contributed by atoms with Crippen molar-refractivity contribution in [1.82, 2.24) is 5.43 Å². The average molecular weight is 525 g/mol. The first-order chi connectivity index (χ1) is 13.5. The molecule has 0 aliphatic rings. The second kappa shape index (κ2) is 9.91. The Balaban J connectivity index is 1.53. The molecular weight excluding hydrogens is 510 g/mol. The first kappa shape index (κ1) is 20.6. The SMILES string of the molecule is O=C(N/N=C\c1ccc(OCc2ccc(Cl)cc2Cl)cc1)c1cccc(I)c1. The van der Waals surface area contributed by atoms with Crippen LogP contribution >= 0.6 is 45.8 Å². The van der Waals surface area contributed by atoms with Gasteiger partial charge in [-0.15, -0.1) is 0 Å². The number of carbonyl (C=O) groups excluding carboxylic acids is 1. The lowest BCUT2D eigenvalue weighted by atomic mass is 10.2. The molecule has 3 aromatic rings. The van der Waals surface area contributed by atoms with Crippen molar-refractivity contribution in [3.05, 3.63) is 97.0 Å². The largest absolute Gasteiger partial charge is 0.489 e. The summed E-state index contributed by atoms with van der Waals surface area (Å²) in [6.45, 7) is 0.343. The third kappa shape index (κ3) is 5.95. The van der Waals surface area contributed by atoms with Gasteiger partial charge in [0, 0.05) is 24.7 Å².